The first kappa shape index (κ1) is 11.6. The summed E-state index contributed by atoms with van der Waals surface area (Å²) in [6, 6.07) is 10.5. The van der Waals surface area contributed by atoms with Gasteiger partial charge in [0.1, 0.15) is 0 Å². The Bertz CT molecular complexity index is 317. The van der Waals surface area contributed by atoms with E-state index in [0.29, 0.717) is 5.96 Å². The molecule has 0 saturated heterocycles. The molecule has 0 heterocycles. The molecule has 0 fully saturated rings. The van der Waals surface area contributed by atoms with E-state index in [2.05, 4.69) is 17.1 Å². The van der Waals surface area contributed by atoms with Crippen molar-refractivity contribution in [2.45, 2.75) is 26.4 Å². The Morgan fingerprint density at radius 3 is 2.47 bits per heavy atom. The minimum absolute atomic E-state index is 0.239. The molecule has 1 aromatic rings. The minimum Gasteiger partial charge on any atom is -0.370 e. The molecular weight excluding hydrogens is 186 g/mol. The van der Waals surface area contributed by atoms with Crippen molar-refractivity contribution in [1.29, 1.82) is 0 Å². The van der Waals surface area contributed by atoms with E-state index in [1.807, 2.05) is 44.0 Å². The van der Waals surface area contributed by atoms with Gasteiger partial charge in [-0.2, -0.15) is 0 Å². The Morgan fingerprint density at radius 2 is 1.93 bits per heavy atom. The number of nitrogens with two attached hydrogens (primary N) is 1. The van der Waals surface area contributed by atoms with Crippen LogP contribution in [0.5, 0.6) is 0 Å². The van der Waals surface area contributed by atoms with Gasteiger partial charge in [0.2, 0.25) is 0 Å². The number of hydrogen-bond acceptors (Lipinski definition) is 1. The molecule has 0 radical (unpaired) electrons. The zero-order valence-corrected chi connectivity index (χ0v) is 9.64. The molecule has 0 atom stereocenters. The van der Waals surface area contributed by atoms with Gasteiger partial charge in [-0.25, -0.2) is 0 Å². The van der Waals surface area contributed by atoms with Crippen molar-refractivity contribution in [1.82, 2.24) is 4.90 Å². The van der Waals surface area contributed by atoms with Gasteiger partial charge in [-0.3, -0.25) is 4.99 Å². The lowest BCUT2D eigenvalue weighted by molar-refractivity contribution is 0.489. The fourth-order valence-electron chi connectivity index (χ4n) is 1.30. The van der Waals surface area contributed by atoms with Crippen LogP contribution in [0.2, 0.25) is 0 Å². The lowest BCUT2D eigenvalue weighted by Gasteiger charge is -2.18. The highest BCUT2D eigenvalue weighted by Crippen LogP contribution is 2.02. The van der Waals surface area contributed by atoms with Crippen LogP contribution in [-0.4, -0.2) is 23.9 Å². The van der Waals surface area contributed by atoms with E-state index < -0.39 is 0 Å². The molecule has 0 aromatic heterocycles. The fraction of sp³-hybridized carbons (Fsp3) is 0.417. The number of benzene rings is 1. The van der Waals surface area contributed by atoms with Crippen molar-refractivity contribution in [3.63, 3.8) is 0 Å². The second kappa shape index (κ2) is 5.39. The van der Waals surface area contributed by atoms with E-state index in [4.69, 9.17) is 5.73 Å². The first-order valence-corrected chi connectivity index (χ1v) is 5.18. The summed E-state index contributed by atoms with van der Waals surface area (Å²) >= 11 is 0. The predicted molar refractivity (Wildman–Crippen MR) is 64.7 cm³/mol. The summed E-state index contributed by atoms with van der Waals surface area (Å²) < 4.78 is 0. The van der Waals surface area contributed by atoms with Crippen LogP contribution < -0.4 is 5.73 Å². The van der Waals surface area contributed by atoms with Crippen LogP contribution in [0.1, 0.15) is 19.4 Å². The van der Waals surface area contributed by atoms with E-state index in [9.17, 15) is 0 Å². The van der Waals surface area contributed by atoms with Crippen LogP contribution in [-0.2, 0) is 6.54 Å². The molecule has 3 heteroatoms. The first-order valence-electron chi connectivity index (χ1n) is 5.18. The van der Waals surface area contributed by atoms with Gasteiger partial charge >= 0.3 is 0 Å². The normalized spacial score (nSPS) is 11.9. The molecule has 0 unspecified atom stereocenters. The fourth-order valence-corrected chi connectivity index (χ4v) is 1.30. The topological polar surface area (TPSA) is 41.6 Å². The van der Waals surface area contributed by atoms with E-state index in [0.717, 1.165) is 6.54 Å². The summed E-state index contributed by atoms with van der Waals surface area (Å²) in [6.45, 7) is 4.83. The van der Waals surface area contributed by atoms with Gasteiger partial charge in [0.15, 0.2) is 5.96 Å². The van der Waals surface area contributed by atoms with E-state index in [-0.39, 0.29) is 6.04 Å². The van der Waals surface area contributed by atoms with Gasteiger partial charge in [0.05, 0.1) is 0 Å². The average Bonchev–Trinajstić information content (AvgIpc) is 2.18. The highest BCUT2D eigenvalue weighted by molar-refractivity contribution is 5.77. The number of hydrogen-bond donors (Lipinski definition) is 1. The van der Waals surface area contributed by atoms with E-state index >= 15 is 0 Å². The third-order valence-electron chi connectivity index (χ3n) is 2.04. The van der Waals surface area contributed by atoms with Gasteiger partial charge in [0, 0.05) is 19.6 Å². The molecule has 0 amide bonds. The Morgan fingerprint density at radius 1 is 1.33 bits per heavy atom. The quantitative estimate of drug-likeness (QED) is 0.604. The SMILES string of the molecule is CC(C)N=C(N)N(C)Cc1ccccc1. The molecule has 0 aliphatic rings. The molecular formula is C12H19N3. The molecule has 2 N–H and O–H groups in total. The second-order valence-electron chi connectivity index (χ2n) is 3.92. The molecule has 3 nitrogen and oxygen atoms in total. The summed E-state index contributed by atoms with van der Waals surface area (Å²) in [4.78, 5) is 6.25. The lowest BCUT2D eigenvalue weighted by Crippen LogP contribution is -2.34. The van der Waals surface area contributed by atoms with Gasteiger partial charge in [-0.05, 0) is 19.4 Å². The third-order valence-corrected chi connectivity index (χ3v) is 2.04. The molecule has 1 rings (SSSR count). The van der Waals surface area contributed by atoms with Crippen LogP contribution in [0, 0.1) is 0 Å². The maximum absolute atomic E-state index is 5.84. The zero-order valence-electron chi connectivity index (χ0n) is 9.64. The van der Waals surface area contributed by atoms with Gasteiger partial charge in [-0.15, -0.1) is 0 Å². The van der Waals surface area contributed by atoms with Crippen LogP contribution in [0.25, 0.3) is 0 Å². The van der Waals surface area contributed by atoms with E-state index in [1.54, 1.807) is 0 Å². The number of rotatable bonds is 3. The van der Waals surface area contributed by atoms with Crippen LogP contribution >= 0.6 is 0 Å². The van der Waals surface area contributed by atoms with Crippen molar-refractivity contribution in [3.05, 3.63) is 35.9 Å². The summed E-state index contributed by atoms with van der Waals surface area (Å²) in [5.41, 5.74) is 7.08. The molecule has 0 spiro atoms. The average molecular weight is 205 g/mol. The van der Waals surface area contributed by atoms with Crippen molar-refractivity contribution < 1.29 is 0 Å². The maximum atomic E-state index is 5.84. The maximum Gasteiger partial charge on any atom is 0.191 e. The smallest absolute Gasteiger partial charge is 0.191 e. The van der Waals surface area contributed by atoms with Crippen LogP contribution in [0.15, 0.2) is 35.3 Å². The van der Waals surface area contributed by atoms with Crippen molar-refractivity contribution in [3.8, 4) is 0 Å². The molecule has 1 aromatic carbocycles. The lowest BCUT2D eigenvalue weighted by atomic mass is 10.2. The molecule has 82 valence electrons. The van der Waals surface area contributed by atoms with Gasteiger partial charge in [-0.1, -0.05) is 30.3 Å². The van der Waals surface area contributed by atoms with Crippen molar-refractivity contribution in [2.24, 2.45) is 10.7 Å². The summed E-state index contributed by atoms with van der Waals surface area (Å²) in [5, 5.41) is 0. The molecule has 0 bridgehead atoms. The number of guanidine groups is 1. The minimum atomic E-state index is 0.239. The van der Waals surface area contributed by atoms with Gasteiger partial charge < -0.3 is 10.6 Å². The highest BCUT2D eigenvalue weighted by Gasteiger charge is 2.02. The Labute approximate surface area is 91.6 Å². The van der Waals surface area contributed by atoms with Gasteiger partial charge in [0.25, 0.3) is 0 Å². The summed E-state index contributed by atoms with van der Waals surface area (Å²) in [5.74, 6) is 0.592. The molecule has 0 saturated carbocycles. The molecule has 0 aliphatic carbocycles. The molecule has 0 aliphatic heterocycles. The largest absolute Gasteiger partial charge is 0.370 e. The first-order chi connectivity index (χ1) is 7.09. The van der Waals surface area contributed by atoms with Crippen molar-refractivity contribution >= 4 is 5.96 Å². The second-order valence-corrected chi connectivity index (χ2v) is 3.92. The Balaban J connectivity index is 2.60. The van der Waals surface area contributed by atoms with Crippen LogP contribution in [0.3, 0.4) is 0 Å². The standard InChI is InChI=1S/C12H19N3/c1-10(2)14-12(13)15(3)9-11-7-5-4-6-8-11/h4-8,10H,9H2,1-3H3,(H2,13,14). The number of nitrogens with zero attached hydrogens (tertiary/aromatic N) is 2. The number of aliphatic imine (C=N–C) groups is 1. The molecule has 15 heavy (non-hydrogen) atoms. The summed E-state index contributed by atoms with van der Waals surface area (Å²) in [7, 11) is 1.95. The monoisotopic (exact) mass is 205 g/mol. The zero-order chi connectivity index (χ0) is 11.3. The Hall–Kier alpha value is -1.51. The van der Waals surface area contributed by atoms with E-state index in [1.165, 1.54) is 5.56 Å². The third kappa shape index (κ3) is 4.02. The predicted octanol–water partition coefficient (Wildman–Crippen LogP) is 1.84. The summed E-state index contributed by atoms with van der Waals surface area (Å²) in [6.07, 6.45) is 0. The Kier molecular flexibility index (Phi) is 4.16. The highest BCUT2D eigenvalue weighted by atomic mass is 15.2. The van der Waals surface area contributed by atoms with Crippen molar-refractivity contribution in [2.75, 3.05) is 7.05 Å². The van der Waals surface area contributed by atoms with Crippen LogP contribution in [0.4, 0.5) is 0 Å².